The molecule has 0 heterocycles. The minimum absolute atomic E-state index is 0.259. The van der Waals surface area contributed by atoms with Crippen LogP contribution in [0.15, 0.2) is 78.9 Å². The first-order chi connectivity index (χ1) is 14.7. The molecule has 6 heteroatoms. The largest absolute Gasteiger partial charge is 0.497 e. The summed E-state index contributed by atoms with van der Waals surface area (Å²) in [7, 11) is 1.63. The van der Waals surface area contributed by atoms with Crippen molar-refractivity contribution in [1.29, 1.82) is 0 Å². The van der Waals surface area contributed by atoms with Gasteiger partial charge in [0.1, 0.15) is 11.5 Å². The number of nitrogens with one attached hydrogen (secondary N) is 2. The zero-order chi connectivity index (χ0) is 21.2. The Balaban J connectivity index is 1.52. The number of ether oxygens (including phenoxy) is 2. The molecule has 0 saturated heterocycles. The van der Waals surface area contributed by atoms with E-state index in [1.165, 1.54) is 5.56 Å². The average Bonchev–Trinajstić information content (AvgIpc) is 2.79. The molecule has 0 bridgehead atoms. The van der Waals surface area contributed by atoms with Crippen molar-refractivity contribution in [3.05, 3.63) is 95.6 Å². The summed E-state index contributed by atoms with van der Waals surface area (Å²) >= 11 is 5.26. The van der Waals surface area contributed by atoms with E-state index in [2.05, 4.69) is 22.8 Å². The van der Waals surface area contributed by atoms with Gasteiger partial charge < -0.3 is 14.8 Å². The monoisotopic (exact) mass is 420 g/mol. The minimum Gasteiger partial charge on any atom is -0.497 e. The van der Waals surface area contributed by atoms with E-state index in [4.69, 9.17) is 21.7 Å². The zero-order valence-electron chi connectivity index (χ0n) is 16.8. The van der Waals surface area contributed by atoms with Crippen LogP contribution in [0.4, 0.5) is 0 Å². The summed E-state index contributed by atoms with van der Waals surface area (Å²) in [5, 5.41) is 6.01. The first kappa shape index (κ1) is 21.3. The number of carbonyl (C=O) groups is 1. The van der Waals surface area contributed by atoms with Crippen LogP contribution >= 0.6 is 12.2 Å². The Morgan fingerprint density at radius 3 is 2.33 bits per heavy atom. The third kappa shape index (κ3) is 6.32. The van der Waals surface area contributed by atoms with E-state index >= 15 is 0 Å². The number of amides is 1. The first-order valence-electron chi connectivity index (χ1n) is 9.63. The lowest BCUT2D eigenvalue weighted by molar-refractivity contribution is 0.0972. The summed E-state index contributed by atoms with van der Waals surface area (Å²) in [5.41, 5.74) is 2.65. The van der Waals surface area contributed by atoms with Crippen molar-refractivity contribution >= 4 is 23.2 Å². The van der Waals surface area contributed by atoms with E-state index < -0.39 is 0 Å². The van der Waals surface area contributed by atoms with Crippen molar-refractivity contribution in [2.75, 3.05) is 13.7 Å². The highest BCUT2D eigenvalue weighted by molar-refractivity contribution is 7.80. The Bertz CT molecular complexity index is 975. The number of carbonyl (C=O) groups excluding carboxylic acids is 1. The van der Waals surface area contributed by atoms with Crippen LogP contribution in [0.25, 0.3) is 0 Å². The maximum atomic E-state index is 12.7. The van der Waals surface area contributed by atoms with Crippen molar-refractivity contribution in [3.63, 3.8) is 0 Å². The summed E-state index contributed by atoms with van der Waals surface area (Å²) in [5.74, 6) is 1.01. The molecule has 0 atom stereocenters. The van der Waals surface area contributed by atoms with Crippen LogP contribution < -0.4 is 20.1 Å². The molecule has 0 aliphatic rings. The number of methoxy groups -OCH3 is 1. The molecule has 0 aliphatic heterocycles. The molecular formula is C24H24N2O3S. The molecule has 154 valence electrons. The van der Waals surface area contributed by atoms with Crippen molar-refractivity contribution in [2.45, 2.75) is 13.0 Å². The molecule has 1 amide bonds. The maximum Gasteiger partial charge on any atom is 0.261 e. The molecule has 2 N–H and O–H groups in total. The normalized spacial score (nSPS) is 10.2. The van der Waals surface area contributed by atoms with Crippen LogP contribution in [0.2, 0.25) is 0 Å². The van der Waals surface area contributed by atoms with E-state index in [9.17, 15) is 4.79 Å². The molecule has 3 aromatic carbocycles. The van der Waals surface area contributed by atoms with Gasteiger partial charge in [-0.3, -0.25) is 10.1 Å². The Hall–Kier alpha value is -3.38. The molecule has 3 aromatic rings. The zero-order valence-corrected chi connectivity index (χ0v) is 17.6. The number of thiocarbonyl (C=S) groups is 1. The van der Waals surface area contributed by atoms with Gasteiger partial charge in [0, 0.05) is 13.0 Å². The summed E-state index contributed by atoms with van der Waals surface area (Å²) in [6.45, 7) is 0.979. The molecule has 0 aliphatic carbocycles. The van der Waals surface area contributed by atoms with Gasteiger partial charge in [-0.2, -0.15) is 0 Å². The van der Waals surface area contributed by atoms with E-state index in [1.807, 2.05) is 48.5 Å². The van der Waals surface area contributed by atoms with E-state index in [0.717, 1.165) is 17.7 Å². The Morgan fingerprint density at radius 2 is 1.60 bits per heavy atom. The van der Waals surface area contributed by atoms with Crippen LogP contribution in [0, 0.1) is 0 Å². The second-order valence-corrected chi connectivity index (χ2v) is 6.97. The molecule has 30 heavy (non-hydrogen) atoms. The molecule has 0 radical (unpaired) electrons. The summed E-state index contributed by atoms with van der Waals surface area (Å²) in [4.78, 5) is 12.7. The molecule has 5 nitrogen and oxygen atoms in total. The van der Waals surface area contributed by atoms with Gasteiger partial charge in [-0.15, -0.1) is 0 Å². The summed E-state index contributed by atoms with van der Waals surface area (Å²) in [6, 6.07) is 24.9. The van der Waals surface area contributed by atoms with E-state index in [1.54, 1.807) is 25.3 Å². The van der Waals surface area contributed by atoms with Gasteiger partial charge >= 0.3 is 0 Å². The average molecular weight is 421 g/mol. The Kier molecular flexibility index (Phi) is 7.80. The highest BCUT2D eigenvalue weighted by Gasteiger charge is 2.13. The lowest BCUT2D eigenvalue weighted by Gasteiger charge is -2.13. The minimum atomic E-state index is -0.308. The molecule has 0 saturated carbocycles. The summed E-state index contributed by atoms with van der Waals surface area (Å²) in [6.07, 6.45) is 0.763. The smallest absolute Gasteiger partial charge is 0.261 e. The van der Waals surface area contributed by atoms with E-state index in [0.29, 0.717) is 24.5 Å². The van der Waals surface area contributed by atoms with E-state index in [-0.39, 0.29) is 11.0 Å². The molecule has 0 spiro atoms. The maximum absolute atomic E-state index is 12.7. The fourth-order valence-corrected chi connectivity index (χ4v) is 3.01. The molecular weight excluding hydrogens is 396 g/mol. The lowest BCUT2D eigenvalue weighted by atomic mass is 10.1. The number of benzene rings is 3. The van der Waals surface area contributed by atoms with Gasteiger partial charge in [-0.1, -0.05) is 54.6 Å². The van der Waals surface area contributed by atoms with Gasteiger partial charge in [-0.25, -0.2) is 0 Å². The predicted octanol–water partition coefficient (Wildman–Crippen LogP) is 4.12. The number of para-hydroxylation sites is 1. The number of hydrogen-bond acceptors (Lipinski definition) is 4. The van der Waals surface area contributed by atoms with Gasteiger partial charge in [0.15, 0.2) is 5.11 Å². The fourth-order valence-electron chi connectivity index (χ4n) is 2.84. The van der Waals surface area contributed by atoms with Crippen LogP contribution in [0.5, 0.6) is 11.5 Å². The molecule has 3 rings (SSSR count). The topological polar surface area (TPSA) is 59.6 Å². The predicted molar refractivity (Wildman–Crippen MR) is 122 cm³/mol. The van der Waals surface area contributed by atoms with Crippen molar-refractivity contribution < 1.29 is 14.3 Å². The standard InChI is InChI=1S/C24H24N2O3S/c1-28-20-13-11-19(12-14-20)17-25-24(30)26-23(27)21-9-5-6-10-22(21)29-16-15-18-7-3-2-4-8-18/h2-14H,15-17H2,1H3,(H2,25,26,27,30). The Morgan fingerprint density at radius 1 is 0.900 bits per heavy atom. The third-order valence-corrected chi connectivity index (χ3v) is 4.71. The van der Waals surface area contributed by atoms with Crippen molar-refractivity contribution in [2.24, 2.45) is 0 Å². The van der Waals surface area contributed by atoms with Crippen LogP contribution in [-0.2, 0) is 13.0 Å². The van der Waals surface area contributed by atoms with Crippen LogP contribution in [0.3, 0.4) is 0 Å². The van der Waals surface area contributed by atoms with Gasteiger partial charge in [0.2, 0.25) is 0 Å². The van der Waals surface area contributed by atoms with Crippen molar-refractivity contribution in [1.82, 2.24) is 10.6 Å². The molecule has 0 fully saturated rings. The molecule has 0 unspecified atom stereocenters. The fraction of sp³-hybridized carbons (Fsp3) is 0.167. The van der Waals surface area contributed by atoms with Crippen LogP contribution in [-0.4, -0.2) is 24.7 Å². The SMILES string of the molecule is COc1ccc(CNC(=S)NC(=O)c2ccccc2OCCc2ccccc2)cc1. The van der Waals surface area contributed by atoms with Gasteiger partial charge in [0.05, 0.1) is 19.3 Å². The number of hydrogen-bond donors (Lipinski definition) is 2. The Labute approximate surface area is 182 Å². The van der Waals surface area contributed by atoms with Gasteiger partial charge in [0.25, 0.3) is 5.91 Å². The first-order valence-corrected chi connectivity index (χ1v) is 10.0. The number of rotatable bonds is 8. The second-order valence-electron chi connectivity index (χ2n) is 6.57. The van der Waals surface area contributed by atoms with Crippen LogP contribution in [0.1, 0.15) is 21.5 Å². The second kappa shape index (κ2) is 11.0. The quantitative estimate of drug-likeness (QED) is 0.537. The lowest BCUT2D eigenvalue weighted by Crippen LogP contribution is -2.39. The highest BCUT2D eigenvalue weighted by Crippen LogP contribution is 2.18. The van der Waals surface area contributed by atoms with Gasteiger partial charge in [-0.05, 0) is 47.6 Å². The highest BCUT2D eigenvalue weighted by atomic mass is 32.1. The summed E-state index contributed by atoms with van der Waals surface area (Å²) < 4.78 is 11.0. The van der Waals surface area contributed by atoms with Crippen molar-refractivity contribution in [3.8, 4) is 11.5 Å². The molecule has 0 aromatic heterocycles. The third-order valence-electron chi connectivity index (χ3n) is 4.46.